The molecule has 0 radical (unpaired) electrons. The molecule has 0 unspecified atom stereocenters. The van der Waals surface area contributed by atoms with Crippen LogP contribution in [0.5, 0.6) is 11.5 Å². The van der Waals surface area contributed by atoms with Crippen molar-refractivity contribution < 1.29 is 19.1 Å². The van der Waals surface area contributed by atoms with Crippen LogP contribution >= 0.6 is 11.8 Å². The number of aliphatic imine (C=N–C) groups is 1. The number of aryl methyl sites for hydroxylation is 4. The predicted octanol–water partition coefficient (Wildman–Crippen LogP) is 5.81. The van der Waals surface area contributed by atoms with Crippen molar-refractivity contribution in [1.29, 1.82) is 0 Å². The van der Waals surface area contributed by atoms with Gasteiger partial charge in [-0.1, -0.05) is 48.2 Å². The van der Waals surface area contributed by atoms with Crippen LogP contribution in [0.25, 0.3) is 0 Å². The van der Waals surface area contributed by atoms with Crippen LogP contribution in [-0.2, 0) is 16.1 Å². The van der Waals surface area contributed by atoms with Crippen LogP contribution in [0.2, 0.25) is 0 Å². The summed E-state index contributed by atoms with van der Waals surface area (Å²) >= 11 is 1.34. The van der Waals surface area contributed by atoms with E-state index in [-0.39, 0.29) is 25.0 Å². The van der Waals surface area contributed by atoms with Gasteiger partial charge in [0.25, 0.3) is 0 Å². The first-order valence-corrected chi connectivity index (χ1v) is 13.0. The second-order valence-corrected chi connectivity index (χ2v) is 10.6. The first-order valence-electron chi connectivity index (χ1n) is 12.2. The summed E-state index contributed by atoms with van der Waals surface area (Å²) < 4.78 is 10.9. The topological polar surface area (TPSA) is 80.2 Å². The molecule has 1 N–H and O–H groups in total. The molecule has 2 aliphatic heterocycles. The molecule has 37 heavy (non-hydrogen) atoms. The molecule has 0 saturated carbocycles. The van der Waals surface area contributed by atoms with Gasteiger partial charge in [0.2, 0.25) is 18.6 Å². The van der Waals surface area contributed by atoms with Crippen LogP contribution in [0.4, 0.5) is 11.4 Å². The molecule has 2 amide bonds. The van der Waals surface area contributed by atoms with Gasteiger partial charge in [-0.25, -0.2) is 4.99 Å². The minimum Gasteiger partial charge on any atom is -0.454 e. The van der Waals surface area contributed by atoms with Crippen molar-refractivity contribution in [1.82, 2.24) is 4.90 Å². The van der Waals surface area contributed by atoms with E-state index >= 15 is 0 Å². The van der Waals surface area contributed by atoms with Gasteiger partial charge in [-0.2, -0.15) is 0 Å². The highest BCUT2D eigenvalue weighted by atomic mass is 32.2. The lowest BCUT2D eigenvalue weighted by Crippen LogP contribution is -2.33. The van der Waals surface area contributed by atoms with Gasteiger partial charge < -0.3 is 14.8 Å². The van der Waals surface area contributed by atoms with Crippen LogP contribution in [0.1, 0.15) is 34.2 Å². The predicted molar refractivity (Wildman–Crippen MR) is 147 cm³/mol. The molecule has 0 aliphatic carbocycles. The van der Waals surface area contributed by atoms with Crippen molar-refractivity contribution in [2.75, 3.05) is 12.1 Å². The first-order chi connectivity index (χ1) is 17.8. The van der Waals surface area contributed by atoms with Gasteiger partial charge in [-0.3, -0.25) is 14.5 Å². The number of thioether (sulfide) groups is 1. The molecular weight excluding hydrogens is 486 g/mol. The number of carbonyl (C=O) groups is 2. The van der Waals surface area contributed by atoms with E-state index in [1.807, 2.05) is 82.3 Å². The number of carbonyl (C=O) groups excluding carboxylic acids is 2. The molecule has 8 heteroatoms. The molecule has 190 valence electrons. The van der Waals surface area contributed by atoms with Crippen molar-refractivity contribution in [3.63, 3.8) is 0 Å². The number of para-hydroxylation sites is 1. The van der Waals surface area contributed by atoms with Crippen LogP contribution < -0.4 is 14.8 Å². The largest absolute Gasteiger partial charge is 0.454 e. The lowest BCUT2D eigenvalue weighted by Gasteiger charge is -2.17. The summed E-state index contributed by atoms with van der Waals surface area (Å²) in [6.45, 7) is 8.44. The highest BCUT2D eigenvalue weighted by molar-refractivity contribution is 8.15. The van der Waals surface area contributed by atoms with Crippen LogP contribution in [0.3, 0.4) is 0 Å². The van der Waals surface area contributed by atoms with Gasteiger partial charge in [0.05, 0.1) is 12.2 Å². The van der Waals surface area contributed by atoms with Gasteiger partial charge in [0, 0.05) is 12.1 Å². The maximum atomic E-state index is 13.6. The van der Waals surface area contributed by atoms with Gasteiger partial charge in [-0.05, 0) is 73.7 Å². The normalized spacial score (nSPS) is 17.5. The Bertz CT molecular complexity index is 1400. The second kappa shape index (κ2) is 10.3. The van der Waals surface area contributed by atoms with Crippen molar-refractivity contribution in [3.8, 4) is 11.5 Å². The molecule has 5 rings (SSSR count). The number of anilines is 1. The fourth-order valence-corrected chi connectivity index (χ4v) is 5.56. The van der Waals surface area contributed by atoms with E-state index < -0.39 is 5.25 Å². The smallest absolute Gasteiger partial charge is 0.242 e. The quantitative estimate of drug-likeness (QED) is 0.448. The average molecular weight is 516 g/mol. The Labute approximate surface area is 220 Å². The number of rotatable bonds is 6. The van der Waals surface area contributed by atoms with E-state index in [1.165, 1.54) is 11.8 Å². The molecule has 3 aromatic rings. The Morgan fingerprint density at radius 1 is 1.00 bits per heavy atom. The van der Waals surface area contributed by atoms with Crippen LogP contribution in [0.15, 0.2) is 59.6 Å². The summed E-state index contributed by atoms with van der Waals surface area (Å²) in [6, 6.07) is 17.6. The number of nitrogens with one attached hydrogen (secondary N) is 1. The number of ether oxygens (including phenoxy) is 2. The molecule has 3 aromatic carbocycles. The van der Waals surface area contributed by atoms with Crippen molar-refractivity contribution >= 4 is 40.1 Å². The van der Waals surface area contributed by atoms with E-state index in [0.717, 1.165) is 39.2 Å². The van der Waals surface area contributed by atoms with Gasteiger partial charge in [0.15, 0.2) is 16.7 Å². The fraction of sp³-hybridized carbons (Fsp3) is 0.276. The molecular formula is C29H29N3O4S. The van der Waals surface area contributed by atoms with Gasteiger partial charge in [-0.15, -0.1) is 0 Å². The Kier molecular flexibility index (Phi) is 6.93. The minimum atomic E-state index is -0.567. The Morgan fingerprint density at radius 3 is 2.54 bits per heavy atom. The number of amidine groups is 1. The molecule has 0 aromatic heterocycles. The summed E-state index contributed by atoms with van der Waals surface area (Å²) in [5.74, 6) is 1.02. The van der Waals surface area contributed by atoms with Gasteiger partial charge >= 0.3 is 0 Å². The minimum absolute atomic E-state index is 0.0563. The number of hydrogen-bond acceptors (Lipinski definition) is 6. The Hall–Kier alpha value is -3.78. The van der Waals surface area contributed by atoms with Crippen LogP contribution in [-0.4, -0.2) is 33.9 Å². The highest BCUT2D eigenvalue weighted by Crippen LogP contribution is 2.37. The number of amides is 2. The second-order valence-electron chi connectivity index (χ2n) is 9.42. The van der Waals surface area contributed by atoms with Crippen LogP contribution in [0, 0.1) is 27.7 Å². The molecule has 1 fully saturated rings. The number of hydrogen-bond donors (Lipinski definition) is 1. The van der Waals surface area contributed by atoms with E-state index in [0.29, 0.717) is 23.2 Å². The third kappa shape index (κ3) is 5.34. The number of nitrogens with zero attached hydrogens (tertiary/aromatic N) is 2. The number of fused-ring (bicyclic) bond motifs is 1. The van der Waals surface area contributed by atoms with Crippen molar-refractivity contribution in [3.05, 3.63) is 82.4 Å². The average Bonchev–Trinajstić information content (AvgIpc) is 3.44. The lowest BCUT2D eigenvalue weighted by atomic mass is 10.1. The summed E-state index contributed by atoms with van der Waals surface area (Å²) in [7, 11) is 0. The fourth-order valence-electron chi connectivity index (χ4n) is 4.41. The van der Waals surface area contributed by atoms with E-state index in [4.69, 9.17) is 14.5 Å². The maximum absolute atomic E-state index is 13.6. The molecule has 2 heterocycles. The third-order valence-electron chi connectivity index (χ3n) is 6.49. The zero-order valence-electron chi connectivity index (χ0n) is 21.3. The van der Waals surface area contributed by atoms with Gasteiger partial charge in [0.1, 0.15) is 5.25 Å². The summed E-state index contributed by atoms with van der Waals surface area (Å²) in [4.78, 5) is 33.2. The molecule has 0 bridgehead atoms. The Balaban J connectivity index is 1.41. The van der Waals surface area contributed by atoms with Crippen molar-refractivity contribution in [2.24, 2.45) is 4.99 Å². The zero-order valence-corrected chi connectivity index (χ0v) is 22.1. The first kappa shape index (κ1) is 24.9. The molecule has 1 atom stereocenters. The van der Waals surface area contributed by atoms with E-state index in [2.05, 4.69) is 5.32 Å². The lowest BCUT2D eigenvalue weighted by molar-refractivity contribution is -0.128. The molecule has 7 nitrogen and oxygen atoms in total. The summed E-state index contributed by atoms with van der Waals surface area (Å²) in [6.07, 6.45) is 0.0563. The number of benzene rings is 3. The maximum Gasteiger partial charge on any atom is 0.242 e. The standard InChI is InChI=1S/C29H29N3O4S/c1-17-8-9-18(2)22(12-17)30-29-32(15-21-10-11-23-24(13-21)36-16-35-23)28(34)25(37-29)14-26(33)31-27-19(3)6-5-7-20(27)4/h5-13,25H,14-16H2,1-4H3,(H,31,33)/t25-/m0/s1. The summed E-state index contributed by atoms with van der Waals surface area (Å²) in [5, 5.41) is 3.02. The summed E-state index contributed by atoms with van der Waals surface area (Å²) in [5.41, 5.74) is 6.58. The monoisotopic (exact) mass is 515 g/mol. The Morgan fingerprint density at radius 2 is 1.76 bits per heavy atom. The molecule has 0 spiro atoms. The molecule has 1 saturated heterocycles. The molecule has 2 aliphatic rings. The van der Waals surface area contributed by atoms with E-state index in [1.54, 1.807) is 4.90 Å². The SMILES string of the molecule is Cc1ccc(C)c(N=C2S[C@@H](CC(=O)Nc3c(C)cccc3C)C(=O)N2Cc2ccc3c(c2)OCO3)c1. The third-order valence-corrected chi connectivity index (χ3v) is 7.67. The van der Waals surface area contributed by atoms with Crippen molar-refractivity contribution in [2.45, 2.75) is 45.9 Å². The highest BCUT2D eigenvalue weighted by Gasteiger charge is 2.39. The van der Waals surface area contributed by atoms with E-state index in [9.17, 15) is 9.59 Å². The zero-order chi connectivity index (χ0) is 26.1.